The van der Waals surface area contributed by atoms with Crippen LogP contribution < -0.4 is 10.6 Å². The molecule has 0 aromatic carbocycles. The van der Waals surface area contributed by atoms with Crippen LogP contribution in [0.15, 0.2) is 12.3 Å². The fourth-order valence-electron chi connectivity index (χ4n) is 2.36. The van der Waals surface area contributed by atoms with Gasteiger partial charge in [-0.25, -0.2) is 0 Å². The lowest BCUT2D eigenvalue weighted by atomic mass is 9.95. The van der Waals surface area contributed by atoms with Crippen LogP contribution in [0.3, 0.4) is 0 Å². The summed E-state index contributed by atoms with van der Waals surface area (Å²) in [6.07, 6.45) is 3.76. The third kappa shape index (κ3) is 2.66. The number of rotatable bonds is 2. The topological polar surface area (TPSA) is 59.0 Å². The van der Waals surface area contributed by atoms with Crippen LogP contribution in [0.5, 0.6) is 0 Å². The lowest BCUT2D eigenvalue weighted by molar-refractivity contribution is 0.0905. The van der Waals surface area contributed by atoms with Crippen LogP contribution in [-0.4, -0.2) is 33.8 Å². The van der Waals surface area contributed by atoms with Crippen molar-refractivity contribution in [3.05, 3.63) is 18.0 Å². The normalized spacial score (nSPS) is 29.0. The van der Waals surface area contributed by atoms with E-state index in [1.165, 1.54) is 0 Å². The molecule has 0 radical (unpaired) electrons. The van der Waals surface area contributed by atoms with Crippen LogP contribution in [0.4, 0.5) is 0 Å². The van der Waals surface area contributed by atoms with Gasteiger partial charge >= 0.3 is 0 Å². The molecule has 0 aliphatic carbocycles. The molecule has 17 heavy (non-hydrogen) atoms. The summed E-state index contributed by atoms with van der Waals surface area (Å²) in [6.45, 7) is 4.29. The van der Waals surface area contributed by atoms with Crippen molar-refractivity contribution in [2.75, 3.05) is 0 Å². The first-order valence-electron chi connectivity index (χ1n) is 6.13. The van der Waals surface area contributed by atoms with E-state index in [-0.39, 0.29) is 11.9 Å². The van der Waals surface area contributed by atoms with Crippen molar-refractivity contribution in [3.8, 4) is 0 Å². The Morgan fingerprint density at radius 2 is 2.29 bits per heavy atom. The van der Waals surface area contributed by atoms with Gasteiger partial charge in [-0.05, 0) is 32.8 Å². The number of amides is 1. The molecule has 0 bridgehead atoms. The van der Waals surface area contributed by atoms with Gasteiger partial charge in [0.05, 0.1) is 0 Å². The predicted octanol–water partition coefficient (Wildman–Crippen LogP) is 0.679. The van der Waals surface area contributed by atoms with E-state index in [9.17, 15) is 4.79 Å². The van der Waals surface area contributed by atoms with Crippen molar-refractivity contribution < 1.29 is 4.79 Å². The highest BCUT2D eigenvalue weighted by Gasteiger charge is 2.26. The fourth-order valence-corrected chi connectivity index (χ4v) is 2.36. The SMILES string of the molecule is CC1CCC(NC(=O)c2ccnn2C)C(C)N1. The molecule has 1 fully saturated rings. The van der Waals surface area contributed by atoms with Gasteiger partial charge < -0.3 is 10.6 Å². The number of hydrogen-bond acceptors (Lipinski definition) is 3. The van der Waals surface area contributed by atoms with Gasteiger partial charge in [0.15, 0.2) is 0 Å². The molecule has 1 aliphatic heterocycles. The molecule has 3 unspecified atom stereocenters. The Morgan fingerprint density at radius 3 is 2.88 bits per heavy atom. The molecule has 2 N–H and O–H groups in total. The van der Waals surface area contributed by atoms with Crippen LogP contribution in [0, 0.1) is 0 Å². The minimum atomic E-state index is -0.0433. The summed E-state index contributed by atoms with van der Waals surface area (Å²) in [5, 5.41) is 10.5. The second-order valence-electron chi connectivity index (χ2n) is 4.85. The molecule has 1 aromatic rings. The van der Waals surface area contributed by atoms with E-state index >= 15 is 0 Å². The summed E-state index contributed by atoms with van der Waals surface area (Å²) < 4.78 is 1.60. The zero-order valence-electron chi connectivity index (χ0n) is 10.6. The van der Waals surface area contributed by atoms with Gasteiger partial charge in [0, 0.05) is 31.4 Å². The predicted molar refractivity (Wildman–Crippen MR) is 65.8 cm³/mol. The maximum Gasteiger partial charge on any atom is 0.269 e. The van der Waals surface area contributed by atoms with Crippen molar-refractivity contribution in [2.24, 2.45) is 7.05 Å². The molecule has 2 rings (SSSR count). The van der Waals surface area contributed by atoms with Gasteiger partial charge in [-0.2, -0.15) is 5.10 Å². The number of carbonyl (C=O) groups is 1. The molecular formula is C12H20N4O. The lowest BCUT2D eigenvalue weighted by Gasteiger charge is -2.34. The van der Waals surface area contributed by atoms with Crippen LogP contribution >= 0.6 is 0 Å². The van der Waals surface area contributed by atoms with Gasteiger partial charge in [-0.1, -0.05) is 0 Å². The van der Waals surface area contributed by atoms with Crippen molar-refractivity contribution in [3.63, 3.8) is 0 Å². The summed E-state index contributed by atoms with van der Waals surface area (Å²) in [5.74, 6) is -0.0433. The smallest absolute Gasteiger partial charge is 0.269 e. The highest BCUT2D eigenvalue weighted by Crippen LogP contribution is 2.13. The molecule has 1 saturated heterocycles. The molecule has 0 saturated carbocycles. The van der Waals surface area contributed by atoms with Gasteiger partial charge in [0.1, 0.15) is 5.69 Å². The molecule has 1 amide bonds. The first-order chi connectivity index (χ1) is 8.08. The monoisotopic (exact) mass is 236 g/mol. The van der Waals surface area contributed by atoms with Crippen molar-refractivity contribution in [1.29, 1.82) is 0 Å². The Bertz CT molecular complexity index is 401. The Balaban J connectivity index is 1.97. The number of carbonyl (C=O) groups excluding carboxylic acids is 1. The van der Waals surface area contributed by atoms with Gasteiger partial charge in [-0.15, -0.1) is 0 Å². The van der Waals surface area contributed by atoms with E-state index in [1.54, 1.807) is 24.0 Å². The summed E-state index contributed by atoms with van der Waals surface area (Å²) in [5.41, 5.74) is 0.607. The Morgan fingerprint density at radius 1 is 1.53 bits per heavy atom. The van der Waals surface area contributed by atoms with Gasteiger partial charge in [0.25, 0.3) is 5.91 Å². The highest BCUT2D eigenvalue weighted by atomic mass is 16.2. The molecule has 0 spiro atoms. The second-order valence-corrected chi connectivity index (χ2v) is 4.85. The zero-order chi connectivity index (χ0) is 12.4. The average Bonchev–Trinajstić information content (AvgIpc) is 2.68. The number of nitrogens with one attached hydrogen (secondary N) is 2. The standard InChI is InChI=1S/C12H20N4O/c1-8-4-5-10(9(2)14-8)15-12(17)11-6-7-13-16(11)3/h6-10,14H,4-5H2,1-3H3,(H,15,17). The van der Waals surface area contributed by atoms with E-state index in [1.807, 2.05) is 0 Å². The largest absolute Gasteiger partial charge is 0.346 e. The van der Waals surface area contributed by atoms with Crippen LogP contribution in [0.2, 0.25) is 0 Å². The number of piperidine rings is 1. The summed E-state index contributed by atoms with van der Waals surface area (Å²) >= 11 is 0. The summed E-state index contributed by atoms with van der Waals surface area (Å²) in [7, 11) is 1.78. The van der Waals surface area contributed by atoms with E-state index in [4.69, 9.17) is 0 Å². The average molecular weight is 236 g/mol. The van der Waals surface area contributed by atoms with Crippen LogP contribution in [-0.2, 0) is 7.05 Å². The van der Waals surface area contributed by atoms with E-state index in [2.05, 4.69) is 29.6 Å². The maximum atomic E-state index is 12.0. The number of nitrogens with zero attached hydrogens (tertiary/aromatic N) is 2. The highest BCUT2D eigenvalue weighted by molar-refractivity contribution is 5.92. The number of aromatic nitrogens is 2. The van der Waals surface area contributed by atoms with Crippen LogP contribution in [0.25, 0.3) is 0 Å². The molecule has 94 valence electrons. The fraction of sp³-hybridized carbons (Fsp3) is 0.667. The molecular weight excluding hydrogens is 216 g/mol. The Kier molecular flexibility index (Phi) is 3.47. The summed E-state index contributed by atoms with van der Waals surface area (Å²) in [4.78, 5) is 12.0. The Hall–Kier alpha value is -1.36. The molecule has 5 nitrogen and oxygen atoms in total. The van der Waals surface area contributed by atoms with E-state index < -0.39 is 0 Å². The lowest BCUT2D eigenvalue weighted by Crippen LogP contribution is -2.54. The zero-order valence-corrected chi connectivity index (χ0v) is 10.6. The summed E-state index contributed by atoms with van der Waals surface area (Å²) in [6, 6.07) is 2.79. The molecule has 5 heteroatoms. The number of hydrogen-bond donors (Lipinski definition) is 2. The molecule has 2 heterocycles. The van der Waals surface area contributed by atoms with Crippen molar-refractivity contribution in [1.82, 2.24) is 20.4 Å². The van der Waals surface area contributed by atoms with Crippen molar-refractivity contribution >= 4 is 5.91 Å². The third-order valence-electron chi connectivity index (χ3n) is 3.43. The quantitative estimate of drug-likeness (QED) is 0.794. The minimum absolute atomic E-state index is 0.0433. The first-order valence-corrected chi connectivity index (χ1v) is 6.13. The maximum absolute atomic E-state index is 12.0. The number of aryl methyl sites for hydroxylation is 1. The molecule has 1 aromatic heterocycles. The van der Waals surface area contributed by atoms with Gasteiger partial charge in [-0.3, -0.25) is 9.48 Å². The van der Waals surface area contributed by atoms with Gasteiger partial charge in [0.2, 0.25) is 0 Å². The second kappa shape index (κ2) is 4.87. The molecule has 1 aliphatic rings. The van der Waals surface area contributed by atoms with E-state index in [0.717, 1.165) is 12.8 Å². The molecule has 3 atom stereocenters. The third-order valence-corrected chi connectivity index (χ3v) is 3.43. The van der Waals surface area contributed by atoms with Crippen molar-refractivity contribution in [2.45, 2.75) is 44.8 Å². The Labute approximate surface area is 102 Å². The first kappa shape index (κ1) is 12.1. The van der Waals surface area contributed by atoms with Crippen LogP contribution in [0.1, 0.15) is 37.2 Å². The minimum Gasteiger partial charge on any atom is -0.346 e. The van der Waals surface area contributed by atoms with E-state index in [0.29, 0.717) is 17.8 Å².